The minimum absolute atomic E-state index is 0.520. The number of aliphatic imine (C=N–C) groups is 1. The summed E-state index contributed by atoms with van der Waals surface area (Å²) in [6.45, 7) is 6.58. The molecule has 0 spiro atoms. The zero-order valence-corrected chi connectivity index (χ0v) is 17.4. The van der Waals surface area contributed by atoms with Crippen LogP contribution in [0.3, 0.4) is 0 Å². The number of anilines is 1. The highest BCUT2D eigenvalue weighted by molar-refractivity contribution is 5.93. The highest BCUT2D eigenvalue weighted by Crippen LogP contribution is 2.30. The Balaban J connectivity index is 1.66. The Bertz CT molecular complexity index is 821. The van der Waals surface area contributed by atoms with Crippen molar-refractivity contribution in [2.75, 3.05) is 32.2 Å². The van der Waals surface area contributed by atoms with Crippen molar-refractivity contribution in [1.29, 1.82) is 0 Å². The van der Waals surface area contributed by atoms with E-state index in [4.69, 9.17) is 14.2 Å². The molecule has 1 aromatic heterocycles. The molecule has 0 atom stereocenters. The van der Waals surface area contributed by atoms with Crippen molar-refractivity contribution >= 4 is 11.6 Å². The van der Waals surface area contributed by atoms with Gasteiger partial charge in [0.25, 0.3) is 0 Å². The van der Waals surface area contributed by atoms with Crippen LogP contribution in [0, 0.1) is 5.92 Å². The van der Waals surface area contributed by atoms with Crippen LogP contribution in [0.2, 0.25) is 0 Å². The molecule has 0 saturated heterocycles. The van der Waals surface area contributed by atoms with Gasteiger partial charge in [-0.3, -0.25) is 0 Å². The number of pyridine rings is 1. The van der Waals surface area contributed by atoms with Gasteiger partial charge in [-0.25, -0.2) is 9.98 Å². The fourth-order valence-electron chi connectivity index (χ4n) is 2.75. The summed E-state index contributed by atoms with van der Waals surface area (Å²) in [5, 5.41) is 6.58. The van der Waals surface area contributed by atoms with Gasteiger partial charge in [-0.15, -0.1) is 0 Å². The predicted molar refractivity (Wildman–Crippen MR) is 115 cm³/mol. The largest absolute Gasteiger partial charge is 0.493 e. The molecule has 1 saturated carbocycles. The zero-order valence-electron chi connectivity index (χ0n) is 17.4. The highest BCUT2D eigenvalue weighted by atomic mass is 16.5. The number of hydrogen-bond donors (Lipinski definition) is 2. The zero-order chi connectivity index (χ0) is 20.5. The van der Waals surface area contributed by atoms with E-state index in [2.05, 4.69) is 20.6 Å². The third-order valence-electron chi connectivity index (χ3n) is 4.45. The SMILES string of the molecule is CCNC(=NCc1ccnc(OCC2CC2)c1)Nc1ccc(OC)c(OCC)c1. The summed E-state index contributed by atoms with van der Waals surface area (Å²) in [4.78, 5) is 8.97. The quantitative estimate of drug-likeness (QED) is 0.468. The highest BCUT2D eigenvalue weighted by Gasteiger charge is 2.22. The van der Waals surface area contributed by atoms with Crippen LogP contribution in [0.4, 0.5) is 5.69 Å². The van der Waals surface area contributed by atoms with Gasteiger partial charge >= 0.3 is 0 Å². The van der Waals surface area contributed by atoms with Crippen molar-refractivity contribution in [2.45, 2.75) is 33.2 Å². The second-order valence-corrected chi connectivity index (χ2v) is 6.88. The second-order valence-electron chi connectivity index (χ2n) is 6.88. The number of guanidine groups is 1. The fourth-order valence-corrected chi connectivity index (χ4v) is 2.75. The smallest absolute Gasteiger partial charge is 0.213 e. The van der Waals surface area contributed by atoms with Crippen LogP contribution in [0.15, 0.2) is 41.5 Å². The molecule has 3 rings (SSSR count). The third-order valence-corrected chi connectivity index (χ3v) is 4.45. The second kappa shape index (κ2) is 10.5. The molecule has 0 radical (unpaired) electrons. The minimum Gasteiger partial charge on any atom is -0.493 e. The van der Waals surface area contributed by atoms with E-state index in [1.54, 1.807) is 13.3 Å². The maximum atomic E-state index is 5.76. The Morgan fingerprint density at radius 2 is 2.00 bits per heavy atom. The lowest BCUT2D eigenvalue weighted by Gasteiger charge is -2.14. The van der Waals surface area contributed by atoms with Crippen molar-refractivity contribution < 1.29 is 14.2 Å². The number of aromatic nitrogens is 1. The monoisotopic (exact) mass is 398 g/mol. The Morgan fingerprint density at radius 1 is 1.14 bits per heavy atom. The van der Waals surface area contributed by atoms with Gasteiger partial charge < -0.3 is 24.8 Å². The Kier molecular flexibility index (Phi) is 7.55. The predicted octanol–water partition coefficient (Wildman–Crippen LogP) is 3.86. The minimum atomic E-state index is 0.520. The summed E-state index contributed by atoms with van der Waals surface area (Å²) < 4.78 is 16.8. The van der Waals surface area contributed by atoms with Gasteiger partial charge in [-0.2, -0.15) is 0 Å². The maximum absolute atomic E-state index is 5.76. The van der Waals surface area contributed by atoms with E-state index in [1.807, 2.05) is 44.2 Å². The van der Waals surface area contributed by atoms with Crippen LogP contribution >= 0.6 is 0 Å². The molecule has 7 nitrogen and oxygen atoms in total. The molecule has 1 aliphatic carbocycles. The number of methoxy groups -OCH3 is 1. The fraction of sp³-hybridized carbons (Fsp3) is 0.455. The van der Waals surface area contributed by atoms with Gasteiger partial charge in [0.2, 0.25) is 5.88 Å². The van der Waals surface area contributed by atoms with Crippen molar-refractivity contribution in [1.82, 2.24) is 10.3 Å². The molecular weight excluding hydrogens is 368 g/mol. The van der Waals surface area contributed by atoms with Gasteiger partial charge in [0.1, 0.15) is 0 Å². The standard InChI is InChI=1S/C22H30N4O3/c1-4-23-22(26-18-8-9-19(27-3)20(13-18)28-5-2)25-14-17-10-11-24-21(12-17)29-15-16-6-7-16/h8-13,16H,4-7,14-15H2,1-3H3,(H2,23,25,26). The third kappa shape index (κ3) is 6.55. The number of nitrogens with zero attached hydrogens (tertiary/aromatic N) is 2. The molecular formula is C22H30N4O3. The van der Waals surface area contributed by atoms with Crippen LogP contribution in [0.5, 0.6) is 17.4 Å². The summed E-state index contributed by atoms with van der Waals surface area (Å²) >= 11 is 0. The Morgan fingerprint density at radius 3 is 2.72 bits per heavy atom. The lowest BCUT2D eigenvalue weighted by atomic mass is 10.2. The Hall–Kier alpha value is -2.96. The number of benzene rings is 1. The molecule has 0 amide bonds. The van der Waals surface area contributed by atoms with Crippen LogP contribution in [-0.2, 0) is 6.54 Å². The molecule has 1 aromatic carbocycles. The van der Waals surface area contributed by atoms with E-state index in [1.165, 1.54) is 12.8 Å². The first-order valence-corrected chi connectivity index (χ1v) is 10.2. The number of rotatable bonds is 10. The van der Waals surface area contributed by atoms with Gasteiger partial charge in [0.15, 0.2) is 17.5 Å². The molecule has 156 valence electrons. The first-order chi connectivity index (χ1) is 14.2. The topological polar surface area (TPSA) is 77.0 Å². The molecule has 7 heteroatoms. The first-order valence-electron chi connectivity index (χ1n) is 10.2. The maximum Gasteiger partial charge on any atom is 0.213 e. The van der Waals surface area contributed by atoms with Crippen molar-refractivity contribution in [2.24, 2.45) is 10.9 Å². The van der Waals surface area contributed by atoms with E-state index in [0.717, 1.165) is 24.4 Å². The van der Waals surface area contributed by atoms with Crippen LogP contribution in [0.1, 0.15) is 32.3 Å². The van der Waals surface area contributed by atoms with Crippen LogP contribution in [0.25, 0.3) is 0 Å². The van der Waals surface area contributed by atoms with Crippen molar-refractivity contribution in [3.05, 3.63) is 42.1 Å². The van der Waals surface area contributed by atoms with E-state index in [0.29, 0.717) is 42.4 Å². The molecule has 2 N–H and O–H groups in total. The van der Waals surface area contributed by atoms with E-state index in [9.17, 15) is 0 Å². The summed E-state index contributed by atoms with van der Waals surface area (Å²) in [5.41, 5.74) is 1.92. The van der Waals surface area contributed by atoms with E-state index >= 15 is 0 Å². The summed E-state index contributed by atoms with van der Waals surface area (Å²) in [5.74, 6) is 3.46. The molecule has 29 heavy (non-hydrogen) atoms. The molecule has 0 unspecified atom stereocenters. The number of hydrogen-bond acceptors (Lipinski definition) is 5. The summed E-state index contributed by atoms with van der Waals surface area (Å²) in [6, 6.07) is 9.63. The number of ether oxygens (including phenoxy) is 3. The van der Waals surface area contributed by atoms with Crippen LogP contribution in [-0.4, -0.2) is 37.8 Å². The summed E-state index contributed by atoms with van der Waals surface area (Å²) in [6.07, 6.45) is 4.29. The molecule has 1 aliphatic rings. The van der Waals surface area contributed by atoms with Gasteiger partial charge in [0, 0.05) is 30.6 Å². The number of nitrogens with one attached hydrogen (secondary N) is 2. The molecule has 0 bridgehead atoms. The van der Waals surface area contributed by atoms with E-state index < -0.39 is 0 Å². The van der Waals surface area contributed by atoms with Crippen LogP contribution < -0.4 is 24.8 Å². The molecule has 1 heterocycles. The first kappa shape index (κ1) is 20.8. The van der Waals surface area contributed by atoms with Crippen molar-refractivity contribution in [3.63, 3.8) is 0 Å². The lowest BCUT2D eigenvalue weighted by molar-refractivity contribution is 0.288. The van der Waals surface area contributed by atoms with Crippen molar-refractivity contribution in [3.8, 4) is 17.4 Å². The molecule has 2 aromatic rings. The molecule has 1 fully saturated rings. The average Bonchev–Trinajstić information content (AvgIpc) is 3.56. The summed E-state index contributed by atoms with van der Waals surface area (Å²) in [7, 11) is 1.63. The lowest BCUT2D eigenvalue weighted by Crippen LogP contribution is -2.30. The van der Waals surface area contributed by atoms with E-state index in [-0.39, 0.29) is 0 Å². The average molecular weight is 399 g/mol. The van der Waals surface area contributed by atoms with Gasteiger partial charge in [-0.1, -0.05) is 0 Å². The van der Waals surface area contributed by atoms with Gasteiger partial charge in [0.05, 0.1) is 26.9 Å². The molecule has 0 aliphatic heterocycles. The normalized spacial score (nSPS) is 13.7. The Labute approximate surface area is 172 Å². The van der Waals surface area contributed by atoms with Gasteiger partial charge in [-0.05, 0) is 56.4 Å².